The highest BCUT2D eigenvalue weighted by atomic mass is 15.3. The van der Waals surface area contributed by atoms with E-state index in [4.69, 9.17) is 5.73 Å². The fourth-order valence-electron chi connectivity index (χ4n) is 1.73. The van der Waals surface area contributed by atoms with Crippen molar-refractivity contribution in [1.82, 2.24) is 9.78 Å². The molecule has 0 unspecified atom stereocenters. The number of nitrogens with zero attached hydrogens (tertiary/aromatic N) is 3. The molecule has 0 aliphatic heterocycles. The molecule has 4 heteroatoms. The highest BCUT2D eigenvalue weighted by Crippen LogP contribution is 2.16. The van der Waals surface area contributed by atoms with Crippen LogP contribution in [0.5, 0.6) is 0 Å². The summed E-state index contributed by atoms with van der Waals surface area (Å²) < 4.78 is 1.87. The molecule has 1 heterocycles. The summed E-state index contributed by atoms with van der Waals surface area (Å²) in [5.74, 6) is 0. The molecule has 0 saturated carbocycles. The van der Waals surface area contributed by atoms with Gasteiger partial charge in [-0.05, 0) is 31.2 Å². The Bertz CT molecular complexity index is 497. The van der Waals surface area contributed by atoms with Crippen LogP contribution in [0.25, 0.3) is 5.69 Å². The highest BCUT2D eigenvalue weighted by molar-refractivity contribution is 5.49. The lowest BCUT2D eigenvalue weighted by Crippen LogP contribution is -2.08. The number of rotatable bonds is 3. The molecule has 0 aliphatic rings. The van der Waals surface area contributed by atoms with E-state index in [1.165, 1.54) is 5.69 Å². The van der Waals surface area contributed by atoms with Gasteiger partial charge in [0.15, 0.2) is 0 Å². The molecule has 2 N–H and O–H groups in total. The number of hydrogen-bond acceptors (Lipinski definition) is 3. The predicted molar refractivity (Wildman–Crippen MR) is 70.5 cm³/mol. The summed E-state index contributed by atoms with van der Waals surface area (Å²) in [6, 6.07) is 8.27. The molecule has 0 fully saturated rings. The van der Waals surface area contributed by atoms with Crippen LogP contribution in [0.3, 0.4) is 0 Å². The molecular weight excluding hydrogens is 212 g/mol. The Morgan fingerprint density at radius 3 is 2.35 bits per heavy atom. The van der Waals surface area contributed by atoms with E-state index in [9.17, 15) is 0 Å². The lowest BCUT2D eigenvalue weighted by Gasteiger charge is -2.12. The van der Waals surface area contributed by atoms with Crippen molar-refractivity contribution in [2.75, 3.05) is 19.0 Å². The first-order valence-electron chi connectivity index (χ1n) is 5.65. The van der Waals surface area contributed by atoms with E-state index >= 15 is 0 Å². The molecule has 0 spiro atoms. The van der Waals surface area contributed by atoms with Crippen LogP contribution in [0.4, 0.5) is 5.69 Å². The lowest BCUT2D eigenvalue weighted by molar-refractivity contribution is 0.862. The summed E-state index contributed by atoms with van der Waals surface area (Å²) in [7, 11) is 4.05. The smallest absolute Gasteiger partial charge is 0.0647 e. The Labute approximate surface area is 102 Å². The molecule has 2 rings (SSSR count). The molecule has 0 amide bonds. The molecule has 0 saturated heterocycles. The summed E-state index contributed by atoms with van der Waals surface area (Å²) in [6.07, 6.45) is 1.99. The minimum Gasteiger partial charge on any atom is -0.378 e. The summed E-state index contributed by atoms with van der Waals surface area (Å²) >= 11 is 0. The average molecular weight is 230 g/mol. The van der Waals surface area contributed by atoms with Gasteiger partial charge in [-0.3, -0.25) is 0 Å². The highest BCUT2D eigenvalue weighted by Gasteiger charge is 2.04. The Hall–Kier alpha value is -1.81. The zero-order valence-electron chi connectivity index (χ0n) is 10.5. The van der Waals surface area contributed by atoms with Gasteiger partial charge in [0.05, 0.1) is 11.4 Å². The summed E-state index contributed by atoms with van der Waals surface area (Å²) in [5, 5.41) is 4.45. The molecule has 2 aromatic rings. The van der Waals surface area contributed by atoms with E-state index in [-0.39, 0.29) is 0 Å². The van der Waals surface area contributed by atoms with Crippen molar-refractivity contribution in [2.24, 2.45) is 5.73 Å². The standard InChI is InChI=1S/C13H18N4/c1-10-11(8-14)9-17(15-10)13-6-4-12(5-7-13)16(2)3/h4-7,9H,8,14H2,1-3H3. The summed E-state index contributed by atoms with van der Waals surface area (Å²) in [6.45, 7) is 2.51. The maximum Gasteiger partial charge on any atom is 0.0647 e. The lowest BCUT2D eigenvalue weighted by atomic mass is 10.2. The second-order valence-corrected chi connectivity index (χ2v) is 4.30. The van der Waals surface area contributed by atoms with Crippen molar-refractivity contribution < 1.29 is 0 Å². The monoisotopic (exact) mass is 230 g/mol. The largest absolute Gasteiger partial charge is 0.378 e. The van der Waals surface area contributed by atoms with E-state index in [0.29, 0.717) is 6.54 Å². The molecular formula is C13H18N4. The minimum absolute atomic E-state index is 0.529. The molecule has 1 aromatic carbocycles. The van der Waals surface area contributed by atoms with Gasteiger partial charge in [0.25, 0.3) is 0 Å². The summed E-state index contributed by atoms with van der Waals surface area (Å²) in [5.41, 5.74) is 9.95. The van der Waals surface area contributed by atoms with Crippen molar-refractivity contribution in [2.45, 2.75) is 13.5 Å². The Balaban J connectivity index is 2.33. The number of anilines is 1. The quantitative estimate of drug-likeness (QED) is 0.873. The summed E-state index contributed by atoms with van der Waals surface area (Å²) in [4.78, 5) is 2.07. The van der Waals surface area contributed by atoms with Crippen molar-refractivity contribution in [3.63, 3.8) is 0 Å². The van der Waals surface area contributed by atoms with Crippen LogP contribution < -0.4 is 10.6 Å². The van der Waals surface area contributed by atoms with Crippen LogP contribution in [-0.4, -0.2) is 23.9 Å². The molecule has 4 nitrogen and oxygen atoms in total. The van der Waals surface area contributed by atoms with Crippen molar-refractivity contribution in [1.29, 1.82) is 0 Å². The third-order valence-electron chi connectivity index (χ3n) is 2.85. The molecule has 1 aromatic heterocycles. The number of aromatic nitrogens is 2. The van der Waals surface area contributed by atoms with Gasteiger partial charge < -0.3 is 10.6 Å². The maximum atomic E-state index is 5.65. The van der Waals surface area contributed by atoms with Crippen LogP contribution in [0.2, 0.25) is 0 Å². The molecule has 17 heavy (non-hydrogen) atoms. The predicted octanol–water partition coefficient (Wildman–Crippen LogP) is 1.71. The third kappa shape index (κ3) is 2.31. The van der Waals surface area contributed by atoms with Gasteiger partial charge in [0.1, 0.15) is 0 Å². The van der Waals surface area contributed by atoms with Crippen LogP contribution in [-0.2, 0) is 6.54 Å². The second kappa shape index (κ2) is 4.59. The van der Waals surface area contributed by atoms with Crippen molar-refractivity contribution in [3.05, 3.63) is 41.7 Å². The first-order chi connectivity index (χ1) is 8.11. The molecule has 0 radical (unpaired) electrons. The normalized spacial score (nSPS) is 10.6. The van der Waals surface area contributed by atoms with Crippen LogP contribution in [0.15, 0.2) is 30.5 Å². The first kappa shape index (κ1) is 11.7. The van der Waals surface area contributed by atoms with Crippen molar-refractivity contribution >= 4 is 5.69 Å². The van der Waals surface area contributed by atoms with E-state index in [1.807, 2.05) is 31.9 Å². The first-order valence-corrected chi connectivity index (χ1v) is 5.65. The Morgan fingerprint density at radius 2 is 1.88 bits per heavy atom. The maximum absolute atomic E-state index is 5.65. The fraction of sp³-hybridized carbons (Fsp3) is 0.308. The van der Waals surface area contributed by atoms with E-state index in [0.717, 1.165) is 16.9 Å². The molecule has 0 bridgehead atoms. The average Bonchev–Trinajstić information content (AvgIpc) is 2.70. The van der Waals surface area contributed by atoms with Gasteiger partial charge in [-0.15, -0.1) is 0 Å². The molecule has 0 aliphatic carbocycles. The number of hydrogen-bond donors (Lipinski definition) is 1. The topological polar surface area (TPSA) is 47.1 Å². The minimum atomic E-state index is 0.529. The van der Waals surface area contributed by atoms with Gasteiger partial charge in [-0.25, -0.2) is 4.68 Å². The van der Waals surface area contributed by atoms with Gasteiger partial charge in [-0.2, -0.15) is 5.10 Å². The van der Waals surface area contributed by atoms with E-state index in [2.05, 4.69) is 34.3 Å². The van der Waals surface area contributed by atoms with Gasteiger partial charge >= 0.3 is 0 Å². The number of aryl methyl sites for hydroxylation is 1. The third-order valence-corrected chi connectivity index (χ3v) is 2.85. The molecule has 90 valence electrons. The zero-order valence-corrected chi connectivity index (χ0v) is 10.5. The van der Waals surface area contributed by atoms with Crippen LogP contribution >= 0.6 is 0 Å². The van der Waals surface area contributed by atoms with Gasteiger partial charge in [0, 0.05) is 38.1 Å². The molecule has 0 atom stereocenters. The number of nitrogens with two attached hydrogens (primary N) is 1. The van der Waals surface area contributed by atoms with Gasteiger partial charge in [-0.1, -0.05) is 0 Å². The van der Waals surface area contributed by atoms with E-state index in [1.54, 1.807) is 0 Å². The van der Waals surface area contributed by atoms with Crippen LogP contribution in [0, 0.1) is 6.92 Å². The van der Waals surface area contributed by atoms with Crippen LogP contribution in [0.1, 0.15) is 11.3 Å². The fourth-order valence-corrected chi connectivity index (χ4v) is 1.73. The SMILES string of the molecule is Cc1nn(-c2ccc(N(C)C)cc2)cc1CN. The van der Waals surface area contributed by atoms with E-state index < -0.39 is 0 Å². The zero-order chi connectivity index (χ0) is 12.4. The Morgan fingerprint density at radius 1 is 1.24 bits per heavy atom. The Kier molecular flexibility index (Phi) is 3.15. The number of benzene rings is 1. The second-order valence-electron chi connectivity index (χ2n) is 4.30. The van der Waals surface area contributed by atoms with Gasteiger partial charge in [0.2, 0.25) is 0 Å². The van der Waals surface area contributed by atoms with Crippen molar-refractivity contribution in [3.8, 4) is 5.69 Å².